The van der Waals surface area contributed by atoms with Crippen LogP contribution in [0.25, 0.3) is 0 Å². The number of nitrogens with one attached hydrogen (secondary N) is 1. The first-order valence-electron chi connectivity index (χ1n) is 6.53. The molecule has 2 rings (SSSR count). The van der Waals surface area contributed by atoms with Gasteiger partial charge in [-0.1, -0.05) is 23.7 Å². The van der Waals surface area contributed by atoms with Crippen LogP contribution in [0.4, 0.5) is 5.69 Å². The van der Waals surface area contributed by atoms with Crippen molar-refractivity contribution in [1.29, 1.82) is 0 Å². The van der Waals surface area contributed by atoms with Crippen molar-refractivity contribution in [3.8, 4) is 11.5 Å². The Morgan fingerprint density at radius 3 is 2.30 bits per heavy atom. The molecule has 0 aromatic heterocycles. The number of amides is 1. The van der Waals surface area contributed by atoms with E-state index in [4.69, 9.17) is 26.2 Å². The number of carbonyl (C=O) groups excluding carboxylic acids is 1. The topological polar surface area (TPSA) is 84.9 Å². The molecule has 0 aliphatic carbocycles. The molecule has 6 nitrogen and oxygen atoms in total. The van der Waals surface area contributed by atoms with Crippen molar-refractivity contribution in [2.75, 3.05) is 19.5 Å². The number of carboxylic acid groups (broad SMARTS) is 1. The summed E-state index contributed by atoms with van der Waals surface area (Å²) < 4.78 is 10.2. The van der Waals surface area contributed by atoms with Crippen molar-refractivity contribution in [2.45, 2.75) is 0 Å². The van der Waals surface area contributed by atoms with Crippen LogP contribution in [0, 0.1) is 0 Å². The number of hydrogen-bond donors (Lipinski definition) is 2. The zero-order valence-electron chi connectivity index (χ0n) is 12.4. The number of hydrogen-bond acceptors (Lipinski definition) is 4. The van der Waals surface area contributed by atoms with Crippen LogP contribution in [0.2, 0.25) is 5.02 Å². The Labute approximate surface area is 137 Å². The lowest BCUT2D eigenvalue weighted by atomic mass is 10.1. The Hall–Kier alpha value is -2.73. The van der Waals surface area contributed by atoms with Crippen LogP contribution in [0.3, 0.4) is 0 Å². The van der Waals surface area contributed by atoms with Crippen LogP contribution in [-0.4, -0.2) is 31.2 Å². The summed E-state index contributed by atoms with van der Waals surface area (Å²) in [5, 5.41) is 11.8. The normalized spacial score (nSPS) is 10.0. The van der Waals surface area contributed by atoms with Gasteiger partial charge in [-0.2, -0.15) is 0 Å². The van der Waals surface area contributed by atoms with Gasteiger partial charge < -0.3 is 19.9 Å². The van der Waals surface area contributed by atoms with Crippen molar-refractivity contribution in [1.82, 2.24) is 0 Å². The van der Waals surface area contributed by atoms with Gasteiger partial charge in [0, 0.05) is 6.07 Å². The Balaban J connectivity index is 2.36. The molecular weight excluding hydrogens is 322 g/mol. The van der Waals surface area contributed by atoms with E-state index in [9.17, 15) is 9.59 Å². The fourth-order valence-electron chi connectivity index (χ4n) is 2.01. The lowest BCUT2D eigenvalue weighted by Crippen LogP contribution is -2.14. The van der Waals surface area contributed by atoms with Gasteiger partial charge in [0.05, 0.1) is 30.5 Å². The predicted octanol–water partition coefficient (Wildman–Crippen LogP) is 3.31. The number of methoxy groups -OCH3 is 2. The largest absolute Gasteiger partial charge is 0.496 e. The summed E-state index contributed by atoms with van der Waals surface area (Å²) in [7, 11) is 2.80. The molecule has 0 saturated heterocycles. The third-order valence-electron chi connectivity index (χ3n) is 3.12. The monoisotopic (exact) mass is 335 g/mol. The molecule has 7 heteroatoms. The van der Waals surface area contributed by atoms with Gasteiger partial charge in [-0.15, -0.1) is 0 Å². The number of aromatic carboxylic acids is 1. The molecule has 0 bridgehead atoms. The van der Waals surface area contributed by atoms with Crippen molar-refractivity contribution in [3.63, 3.8) is 0 Å². The minimum absolute atomic E-state index is 0.0893. The van der Waals surface area contributed by atoms with E-state index in [2.05, 4.69) is 5.32 Å². The number of ether oxygens (including phenoxy) is 2. The van der Waals surface area contributed by atoms with Gasteiger partial charge in [0.25, 0.3) is 5.91 Å². The first-order chi connectivity index (χ1) is 11.0. The van der Waals surface area contributed by atoms with Crippen LogP contribution >= 0.6 is 11.6 Å². The predicted molar refractivity (Wildman–Crippen MR) is 85.9 cm³/mol. The summed E-state index contributed by atoms with van der Waals surface area (Å²) in [5.74, 6) is -1.10. The van der Waals surface area contributed by atoms with Gasteiger partial charge in [-0.05, 0) is 18.2 Å². The second-order valence-electron chi connectivity index (χ2n) is 4.49. The van der Waals surface area contributed by atoms with Crippen molar-refractivity contribution in [2.24, 2.45) is 0 Å². The molecule has 0 unspecified atom stereocenters. The number of carbonyl (C=O) groups is 2. The molecule has 120 valence electrons. The molecule has 0 aliphatic rings. The second-order valence-corrected chi connectivity index (χ2v) is 4.90. The van der Waals surface area contributed by atoms with Gasteiger partial charge in [0.1, 0.15) is 17.1 Å². The van der Waals surface area contributed by atoms with E-state index >= 15 is 0 Å². The number of anilines is 1. The lowest BCUT2D eigenvalue weighted by Gasteiger charge is -2.13. The number of carboxylic acids is 1. The summed E-state index contributed by atoms with van der Waals surface area (Å²) in [4.78, 5) is 23.5. The Morgan fingerprint density at radius 2 is 1.70 bits per heavy atom. The Morgan fingerprint density at radius 1 is 1.04 bits per heavy atom. The van der Waals surface area contributed by atoms with E-state index in [0.717, 1.165) is 0 Å². The lowest BCUT2D eigenvalue weighted by molar-refractivity contribution is 0.0693. The third kappa shape index (κ3) is 3.54. The Kier molecular flexibility index (Phi) is 5.08. The van der Waals surface area contributed by atoms with E-state index in [0.29, 0.717) is 11.3 Å². The molecule has 0 atom stereocenters. The molecule has 0 radical (unpaired) electrons. The maximum Gasteiger partial charge on any atom is 0.339 e. The summed E-state index contributed by atoms with van der Waals surface area (Å²) in [6.07, 6.45) is 0. The highest BCUT2D eigenvalue weighted by molar-refractivity contribution is 6.34. The standard InChI is InChI=1S/C16H14ClNO5/c1-22-13-6-4-3-5-9(13)15(19)18-12-8-14(23-2)10(16(20)21)7-11(12)17/h3-8H,1-2H3,(H,18,19)(H,20,21). The van der Waals surface area contributed by atoms with E-state index in [1.54, 1.807) is 24.3 Å². The van der Waals surface area contributed by atoms with Gasteiger partial charge in [-0.25, -0.2) is 4.79 Å². The molecule has 0 aliphatic heterocycles. The number of halogens is 1. The molecular formula is C16H14ClNO5. The summed E-state index contributed by atoms with van der Waals surface area (Å²) in [6.45, 7) is 0. The van der Waals surface area contributed by atoms with Crippen LogP contribution in [0.5, 0.6) is 11.5 Å². The minimum atomic E-state index is -1.17. The van der Waals surface area contributed by atoms with E-state index < -0.39 is 11.9 Å². The molecule has 0 fully saturated rings. The minimum Gasteiger partial charge on any atom is -0.496 e. The van der Waals surface area contributed by atoms with Gasteiger partial charge in [0.2, 0.25) is 0 Å². The SMILES string of the molecule is COc1cc(NC(=O)c2ccccc2OC)c(Cl)cc1C(=O)O. The summed E-state index contributed by atoms with van der Waals surface area (Å²) in [6, 6.07) is 9.29. The fourth-order valence-corrected chi connectivity index (χ4v) is 2.22. The van der Waals surface area contributed by atoms with Crippen molar-refractivity contribution >= 4 is 29.2 Å². The van der Waals surface area contributed by atoms with Crippen LogP contribution in [0.15, 0.2) is 36.4 Å². The summed E-state index contributed by atoms with van der Waals surface area (Å²) >= 11 is 6.04. The average molecular weight is 336 g/mol. The van der Waals surface area contributed by atoms with Gasteiger partial charge >= 0.3 is 5.97 Å². The molecule has 2 aromatic rings. The fraction of sp³-hybridized carbons (Fsp3) is 0.125. The maximum absolute atomic E-state index is 12.4. The van der Waals surface area contributed by atoms with E-state index in [-0.39, 0.29) is 22.0 Å². The van der Waals surface area contributed by atoms with Crippen molar-refractivity contribution in [3.05, 3.63) is 52.5 Å². The molecule has 0 heterocycles. The molecule has 0 spiro atoms. The number of rotatable bonds is 5. The molecule has 2 aromatic carbocycles. The van der Waals surface area contributed by atoms with Gasteiger partial charge in [0.15, 0.2) is 0 Å². The van der Waals surface area contributed by atoms with Crippen LogP contribution < -0.4 is 14.8 Å². The second kappa shape index (κ2) is 7.02. The quantitative estimate of drug-likeness (QED) is 0.875. The highest BCUT2D eigenvalue weighted by atomic mass is 35.5. The molecule has 0 saturated carbocycles. The first kappa shape index (κ1) is 16.6. The molecule has 23 heavy (non-hydrogen) atoms. The first-order valence-corrected chi connectivity index (χ1v) is 6.91. The van der Waals surface area contributed by atoms with Gasteiger partial charge in [-0.3, -0.25) is 4.79 Å². The third-order valence-corrected chi connectivity index (χ3v) is 3.43. The zero-order valence-corrected chi connectivity index (χ0v) is 13.2. The van der Waals surface area contributed by atoms with E-state index in [1.165, 1.54) is 26.4 Å². The smallest absolute Gasteiger partial charge is 0.339 e. The van der Waals surface area contributed by atoms with Crippen LogP contribution in [-0.2, 0) is 0 Å². The average Bonchev–Trinajstić information content (AvgIpc) is 2.55. The summed E-state index contributed by atoms with van der Waals surface area (Å²) in [5.41, 5.74) is 0.476. The number of benzene rings is 2. The molecule has 2 N–H and O–H groups in total. The maximum atomic E-state index is 12.4. The highest BCUT2D eigenvalue weighted by Gasteiger charge is 2.18. The molecule has 1 amide bonds. The van der Waals surface area contributed by atoms with Crippen LogP contribution in [0.1, 0.15) is 20.7 Å². The Bertz CT molecular complexity index is 760. The zero-order chi connectivity index (χ0) is 17.0. The highest BCUT2D eigenvalue weighted by Crippen LogP contribution is 2.31. The number of para-hydroxylation sites is 1. The van der Waals surface area contributed by atoms with E-state index in [1.807, 2.05) is 0 Å². The van der Waals surface area contributed by atoms with Crippen molar-refractivity contribution < 1.29 is 24.2 Å².